The molecule has 0 bridgehead atoms. The van der Waals surface area contributed by atoms with E-state index in [2.05, 4.69) is 0 Å². The average Bonchev–Trinajstić information content (AvgIpc) is 2.26. The van der Waals surface area contributed by atoms with Gasteiger partial charge in [-0.1, -0.05) is 0 Å². The van der Waals surface area contributed by atoms with Crippen molar-refractivity contribution in [1.29, 1.82) is 0 Å². The number of rotatable bonds is 3. The molecule has 3 atom stereocenters. The first kappa shape index (κ1) is 13.5. The fourth-order valence-electron chi connectivity index (χ4n) is 2.14. The molecule has 0 aromatic rings. The predicted octanol–water partition coefficient (Wildman–Crippen LogP) is 0.419. The number of hydrogen-bond acceptors (Lipinski definition) is 3. The predicted molar refractivity (Wildman–Crippen MR) is 58.3 cm³/mol. The molecule has 1 aliphatic heterocycles. The normalized spacial score (nSPS) is 26.4. The van der Waals surface area contributed by atoms with Gasteiger partial charge in [0.05, 0.1) is 5.92 Å². The molecule has 0 aromatic heterocycles. The van der Waals surface area contributed by atoms with E-state index >= 15 is 0 Å². The minimum Gasteiger partial charge on any atom is -0.481 e. The van der Waals surface area contributed by atoms with Gasteiger partial charge in [-0.2, -0.15) is 0 Å². The lowest BCUT2D eigenvalue weighted by molar-refractivity contribution is -0.155. The highest BCUT2D eigenvalue weighted by Crippen LogP contribution is 2.25. The van der Waals surface area contributed by atoms with Crippen LogP contribution in [0.2, 0.25) is 0 Å². The van der Waals surface area contributed by atoms with Gasteiger partial charge >= 0.3 is 11.9 Å². The Kier molecular flexibility index (Phi) is 4.09. The minimum absolute atomic E-state index is 0.432. The highest BCUT2D eigenvalue weighted by atomic mass is 16.4. The van der Waals surface area contributed by atoms with E-state index in [1.54, 1.807) is 6.92 Å². The molecule has 1 aliphatic rings. The number of carboxylic acids is 2. The van der Waals surface area contributed by atoms with Gasteiger partial charge in [-0.05, 0) is 26.7 Å². The van der Waals surface area contributed by atoms with Crippen molar-refractivity contribution in [3.8, 4) is 0 Å². The molecule has 0 aliphatic carbocycles. The summed E-state index contributed by atoms with van der Waals surface area (Å²) in [7, 11) is 0. The van der Waals surface area contributed by atoms with Gasteiger partial charge in [-0.25, -0.2) is 0 Å². The minimum atomic E-state index is -1.18. The fourth-order valence-corrected chi connectivity index (χ4v) is 2.14. The molecule has 1 fully saturated rings. The summed E-state index contributed by atoms with van der Waals surface area (Å²) in [6.07, 6.45) is 1.13. The Bertz CT molecular complexity index is 341. The van der Waals surface area contributed by atoms with Gasteiger partial charge < -0.3 is 15.1 Å². The molecule has 1 amide bonds. The molecule has 1 saturated heterocycles. The van der Waals surface area contributed by atoms with Crippen LogP contribution < -0.4 is 0 Å². The second kappa shape index (κ2) is 5.16. The lowest BCUT2D eigenvalue weighted by atomic mass is 9.89. The van der Waals surface area contributed by atoms with Crippen molar-refractivity contribution in [3.63, 3.8) is 0 Å². The molecule has 2 N–H and O–H groups in total. The maximum atomic E-state index is 11.9. The van der Waals surface area contributed by atoms with Crippen molar-refractivity contribution in [3.05, 3.63) is 0 Å². The van der Waals surface area contributed by atoms with E-state index in [4.69, 9.17) is 10.2 Å². The first-order valence-corrected chi connectivity index (χ1v) is 5.62. The topological polar surface area (TPSA) is 94.9 Å². The van der Waals surface area contributed by atoms with E-state index in [9.17, 15) is 14.4 Å². The van der Waals surface area contributed by atoms with Crippen LogP contribution in [0.25, 0.3) is 0 Å². The van der Waals surface area contributed by atoms with Crippen LogP contribution in [0.4, 0.5) is 0 Å². The number of carboxylic acid groups (broad SMARTS) is 2. The van der Waals surface area contributed by atoms with Crippen LogP contribution in [0.3, 0.4) is 0 Å². The van der Waals surface area contributed by atoms with Crippen molar-refractivity contribution in [2.24, 2.45) is 11.8 Å². The molecule has 0 spiro atoms. The van der Waals surface area contributed by atoms with Crippen LogP contribution in [0.5, 0.6) is 0 Å². The van der Waals surface area contributed by atoms with Gasteiger partial charge in [-0.3, -0.25) is 14.4 Å². The Morgan fingerprint density at radius 1 is 1.29 bits per heavy atom. The third kappa shape index (κ3) is 2.75. The SMILES string of the molecule is CC(C(=O)O)C(=O)N1CCC[C@H](C(=O)O)[C@@H]1C. The van der Waals surface area contributed by atoms with Crippen LogP contribution in [0.15, 0.2) is 0 Å². The van der Waals surface area contributed by atoms with Gasteiger partial charge in [0, 0.05) is 12.6 Å². The maximum Gasteiger partial charge on any atom is 0.315 e. The molecule has 17 heavy (non-hydrogen) atoms. The maximum absolute atomic E-state index is 11.9. The second-order valence-corrected chi connectivity index (χ2v) is 4.42. The number of amides is 1. The van der Waals surface area contributed by atoms with Gasteiger partial charge in [0.2, 0.25) is 5.91 Å². The molecule has 0 aromatic carbocycles. The van der Waals surface area contributed by atoms with Gasteiger partial charge in [0.1, 0.15) is 5.92 Å². The Morgan fingerprint density at radius 2 is 1.88 bits per heavy atom. The summed E-state index contributed by atoms with van der Waals surface area (Å²) in [6, 6.07) is -0.449. The van der Waals surface area contributed by atoms with E-state index in [1.165, 1.54) is 11.8 Å². The van der Waals surface area contributed by atoms with Crippen molar-refractivity contribution < 1.29 is 24.6 Å². The Hall–Kier alpha value is -1.59. The summed E-state index contributed by atoms with van der Waals surface area (Å²) in [5, 5.41) is 17.8. The number of hydrogen-bond donors (Lipinski definition) is 2. The number of likely N-dealkylation sites (tertiary alicyclic amines) is 1. The third-order valence-electron chi connectivity index (χ3n) is 3.33. The standard InChI is InChI=1S/C11H17NO5/c1-6(10(14)15)9(13)12-5-3-4-8(7(12)2)11(16)17/h6-8H,3-5H2,1-2H3,(H,14,15)(H,16,17)/t6?,7-,8-/m0/s1. The molecular weight excluding hydrogens is 226 g/mol. The van der Waals surface area contributed by atoms with Crippen LogP contribution in [-0.2, 0) is 14.4 Å². The lowest BCUT2D eigenvalue weighted by Gasteiger charge is -2.38. The molecule has 0 saturated carbocycles. The summed E-state index contributed by atoms with van der Waals surface area (Å²) >= 11 is 0. The van der Waals surface area contributed by atoms with E-state index < -0.39 is 35.7 Å². The van der Waals surface area contributed by atoms with Crippen molar-refractivity contribution in [1.82, 2.24) is 4.90 Å². The molecule has 0 radical (unpaired) electrons. The smallest absolute Gasteiger partial charge is 0.315 e. The molecule has 6 heteroatoms. The first-order chi connectivity index (χ1) is 7.86. The molecule has 1 rings (SSSR count). The Balaban J connectivity index is 2.80. The van der Waals surface area contributed by atoms with E-state index in [-0.39, 0.29) is 0 Å². The number of aliphatic carboxylic acids is 2. The largest absolute Gasteiger partial charge is 0.481 e. The Morgan fingerprint density at radius 3 is 2.35 bits per heavy atom. The zero-order valence-corrected chi connectivity index (χ0v) is 9.92. The van der Waals surface area contributed by atoms with Crippen molar-refractivity contribution in [2.45, 2.75) is 32.7 Å². The van der Waals surface area contributed by atoms with Crippen LogP contribution in [0, 0.1) is 11.8 Å². The first-order valence-electron chi connectivity index (χ1n) is 5.62. The second-order valence-electron chi connectivity index (χ2n) is 4.42. The number of nitrogens with zero attached hydrogens (tertiary/aromatic N) is 1. The van der Waals surface area contributed by atoms with E-state index in [0.29, 0.717) is 19.4 Å². The van der Waals surface area contributed by atoms with Gasteiger partial charge in [0.25, 0.3) is 0 Å². The summed E-state index contributed by atoms with van der Waals surface area (Å²) in [5.74, 6) is -4.34. The quantitative estimate of drug-likeness (QED) is 0.700. The van der Waals surface area contributed by atoms with E-state index in [1.807, 2.05) is 0 Å². The molecule has 96 valence electrons. The van der Waals surface area contributed by atoms with E-state index in [0.717, 1.165) is 0 Å². The van der Waals surface area contributed by atoms with Crippen LogP contribution >= 0.6 is 0 Å². The molecule has 1 heterocycles. The summed E-state index contributed by atoms with van der Waals surface area (Å²) in [6.45, 7) is 3.41. The lowest BCUT2D eigenvalue weighted by Crippen LogP contribution is -2.51. The van der Waals surface area contributed by atoms with Crippen molar-refractivity contribution in [2.75, 3.05) is 6.54 Å². The Labute approximate surface area is 99.2 Å². The number of carbonyl (C=O) groups is 3. The van der Waals surface area contributed by atoms with Gasteiger partial charge in [-0.15, -0.1) is 0 Å². The average molecular weight is 243 g/mol. The highest BCUT2D eigenvalue weighted by Gasteiger charge is 2.38. The van der Waals surface area contributed by atoms with Crippen molar-refractivity contribution >= 4 is 17.8 Å². The zero-order valence-electron chi connectivity index (χ0n) is 9.92. The summed E-state index contributed by atoms with van der Waals surface area (Å²) in [5.41, 5.74) is 0. The monoisotopic (exact) mass is 243 g/mol. The third-order valence-corrected chi connectivity index (χ3v) is 3.33. The summed E-state index contributed by atoms with van der Waals surface area (Å²) < 4.78 is 0. The summed E-state index contributed by atoms with van der Waals surface area (Å²) in [4.78, 5) is 35.0. The van der Waals surface area contributed by atoms with Crippen LogP contribution in [-0.4, -0.2) is 45.5 Å². The zero-order chi connectivity index (χ0) is 13.2. The number of carbonyl (C=O) groups excluding carboxylic acids is 1. The van der Waals surface area contributed by atoms with Gasteiger partial charge in [0.15, 0.2) is 0 Å². The molecule has 1 unspecified atom stereocenters. The molecule has 6 nitrogen and oxygen atoms in total. The molecular formula is C11H17NO5. The highest BCUT2D eigenvalue weighted by molar-refractivity contribution is 5.96. The fraction of sp³-hybridized carbons (Fsp3) is 0.727. The number of piperidine rings is 1. The van der Waals surface area contributed by atoms with Crippen LogP contribution in [0.1, 0.15) is 26.7 Å².